The van der Waals surface area contributed by atoms with Crippen LogP contribution in [0.25, 0.3) is 10.8 Å². The van der Waals surface area contributed by atoms with E-state index in [0.717, 1.165) is 10.8 Å². The lowest BCUT2D eigenvalue weighted by Crippen LogP contribution is -2.70. The molecular weight excluding hydrogens is 798 g/mol. The Labute approximate surface area is 358 Å². The lowest BCUT2D eigenvalue weighted by Gasteiger charge is -2.62. The summed E-state index contributed by atoms with van der Waals surface area (Å²) in [7, 11) is 0. The maximum Gasteiger partial charge on any atom is 0.310 e. The molecular formula is C48H52FN3O10. The van der Waals surface area contributed by atoms with Gasteiger partial charge in [0.25, 0.3) is 0 Å². The fourth-order valence-electron chi connectivity index (χ4n) is 11.8. The van der Waals surface area contributed by atoms with Gasteiger partial charge in [-0.3, -0.25) is 29.0 Å². The quantitative estimate of drug-likeness (QED) is 0.203. The minimum atomic E-state index is -2.11. The van der Waals surface area contributed by atoms with Gasteiger partial charge in [-0.25, -0.2) is 4.39 Å². The Kier molecular flexibility index (Phi) is 10.2. The number of ketones is 2. The van der Waals surface area contributed by atoms with E-state index in [1.165, 1.54) is 12.2 Å². The van der Waals surface area contributed by atoms with Crippen molar-refractivity contribution in [3.8, 4) is 0 Å². The highest BCUT2D eigenvalue weighted by atomic mass is 19.1. The first-order chi connectivity index (χ1) is 29.4. The number of anilines is 1. The van der Waals surface area contributed by atoms with Gasteiger partial charge >= 0.3 is 11.9 Å². The van der Waals surface area contributed by atoms with Gasteiger partial charge in [0.1, 0.15) is 6.61 Å². The summed E-state index contributed by atoms with van der Waals surface area (Å²) in [6.07, 6.45) is 6.81. The van der Waals surface area contributed by atoms with E-state index in [4.69, 9.17) is 24.7 Å². The van der Waals surface area contributed by atoms with Gasteiger partial charge in [0.2, 0.25) is 11.7 Å². The topological polar surface area (TPSA) is 193 Å². The number of aliphatic hydroxyl groups is 1. The molecule has 2 aromatic carbocycles. The number of aliphatic hydroxyl groups excluding tert-OH is 1. The molecule has 5 aliphatic carbocycles. The fraction of sp³-hybridized carbons (Fsp3) is 0.500. The lowest BCUT2D eigenvalue weighted by atomic mass is 9.44. The first-order valence-electron chi connectivity index (χ1n) is 21.4. The molecule has 6 aliphatic rings. The molecule has 62 heavy (non-hydrogen) atoms. The van der Waals surface area contributed by atoms with Crippen LogP contribution in [-0.2, 0) is 49.5 Å². The van der Waals surface area contributed by atoms with E-state index in [-0.39, 0.29) is 37.7 Å². The predicted molar refractivity (Wildman–Crippen MR) is 222 cm³/mol. The fourth-order valence-corrected chi connectivity index (χ4v) is 11.8. The number of halogens is 1. The summed E-state index contributed by atoms with van der Waals surface area (Å²) in [5, 5.41) is 16.7. The summed E-state index contributed by atoms with van der Waals surface area (Å²) in [4.78, 5) is 70.4. The number of alkyl halides is 1. The first-order valence-corrected chi connectivity index (χ1v) is 21.4. The summed E-state index contributed by atoms with van der Waals surface area (Å²) >= 11 is 0. The average molecular weight is 850 g/mol. The summed E-state index contributed by atoms with van der Waals surface area (Å²) in [6, 6.07) is 14.5. The van der Waals surface area contributed by atoms with E-state index >= 15 is 4.39 Å². The number of hydrogen-bond donors (Lipinski definition) is 3. The van der Waals surface area contributed by atoms with Crippen LogP contribution in [0.5, 0.6) is 0 Å². The minimum Gasteiger partial charge on any atom is -0.461 e. The zero-order valence-corrected chi connectivity index (χ0v) is 35.2. The minimum absolute atomic E-state index is 0.0593. The zero-order chi connectivity index (χ0) is 44.0. The number of rotatable bonds is 11. The Bertz CT molecular complexity index is 2440. The van der Waals surface area contributed by atoms with E-state index in [0.29, 0.717) is 41.6 Å². The van der Waals surface area contributed by atoms with Crippen LogP contribution in [-0.4, -0.2) is 81.9 Å². The lowest BCUT2D eigenvalue weighted by molar-refractivity contribution is -0.246. The number of allylic oxidation sites excluding steroid dienone is 4. The molecule has 0 unspecified atom stereocenters. The number of nitrogens with two attached hydrogens (primary N) is 1. The molecule has 5 fully saturated rings. The summed E-state index contributed by atoms with van der Waals surface area (Å²) in [6.45, 7) is 6.34. The van der Waals surface area contributed by atoms with Gasteiger partial charge in [0.05, 0.1) is 30.0 Å². The average Bonchev–Trinajstić information content (AvgIpc) is 3.95. The number of esters is 2. The Hall–Kier alpha value is -5.15. The second-order valence-corrected chi connectivity index (χ2v) is 18.9. The van der Waals surface area contributed by atoms with Crippen molar-refractivity contribution in [1.82, 2.24) is 4.98 Å². The van der Waals surface area contributed by atoms with Gasteiger partial charge in [-0.05, 0) is 106 Å². The Morgan fingerprint density at radius 3 is 2.47 bits per heavy atom. The number of fused-ring (bicyclic) bond motifs is 8. The molecule has 1 saturated heterocycles. The second kappa shape index (κ2) is 15.0. The van der Waals surface area contributed by atoms with Crippen molar-refractivity contribution < 1.29 is 52.4 Å². The van der Waals surface area contributed by atoms with E-state index < -0.39 is 94.0 Å². The van der Waals surface area contributed by atoms with E-state index in [1.807, 2.05) is 31.2 Å². The molecule has 4 N–H and O–H groups in total. The van der Waals surface area contributed by atoms with Crippen molar-refractivity contribution in [3.63, 3.8) is 0 Å². The van der Waals surface area contributed by atoms with Crippen LogP contribution in [0.15, 0.2) is 84.7 Å². The number of carbonyl (C=O) groups is 5. The molecule has 0 spiro atoms. The number of amides is 1. The molecule has 1 aromatic heterocycles. The van der Waals surface area contributed by atoms with Gasteiger partial charge in [0, 0.05) is 46.8 Å². The van der Waals surface area contributed by atoms with Crippen molar-refractivity contribution >= 4 is 45.9 Å². The Balaban J connectivity index is 0.807. The standard InChI is InChI=1S/C48H52FN3O10/c1-44(2)61-40-20-37-36-12-10-30-18-32(53)13-15-45(30,3)47(36,49)38(54)21-46(37,4)48(40,62-44)39(55)25-60-43(58)34-19-33(34)42(57)59-24-26-5-7-27(8-6-26)35(22-50)41(56)52-31-11-9-29-23-51-16-14-28(29)17-31/h5-9,11,13-18,23,33-38,40,54H,10,12,19-22,24-25,50H2,1-4H3,(H,52,56)/t33-,34-,35-,36+,37+,38+,40-,45+,46+,47+,48-/m1/s1. The van der Waals surface area contributed by atoms with Crippen molar-refractivity contribution in [1.29, 1.82) is 0 Å². The van der Waals surface area contributed by atoms with E-state index in [2.05, 4.69) is 10.3 Å². The zero-order valence-electron chi connectivity index (χ0n) is 35.2. The number of carbonyl (C=O) groups excluding carboxylic acids is 5. The van der Waals surface area contributed by atoms with Gasteiger partial charge in [0.15, 0.2) is 29.4 Å². The SMILES string of the molecule is CC1(C)O[C@@H]2C[C@H]3[C@@H]4CCC5=CC(=O)C=C[C@]5(C)[C@@]4(F)[C@@H](O)C[C@]3(C)[C@]2(C(=O)COC(=O)[C@@H]2C[C@H]2C(=O)OCc2ccc([C@@H](CN)C(=O)Nc3ccc4cnccc4c3)cc2)O1. The first kappa shape index (κ1) is 42.2. The Morgan fingerprint density at radius 1 is 0.984 bits per heavy atom. The summed E-state index contributed by atoms with van der Waals surface area (Å²) < 4.78 is 41.8. The van der Waals surface area contributed by atoms with Crippen molar-refractivity contribution in [2.75, 3.05) is 18.5 Å². The number of hydrogen-bond acceptors (Lipinski definition) is 12. The molecule has 0 radical (unpaired) electrons. The van der Waals surface area contributed by atoms with Crippen LogP contribution >= 0.6 is 0 Å². The van der Waals surface area contributed by atoms with Gasteiger partial charge < -0.3 is 35.1 Å². The number of benzene rings is 2. The number of nitrogens with zero attached hydrogens (tertiary/aromatic N) is 1. The van der Waals surface area contributed by atoms with Gasteiger partial charge in [-0.2, -0.15) is 0 Å². The Morgan fingerprint density at radius 2 is 1.73 bits per heavy atom. The van der Waals surface area contributed by atoms with Crippen LogP contribution in [0.2, 0.25) is 0 Å². The molecule has 326 valence electrons. The summed E-state index contributed by atoms with van der Waals surface area (Å²) in [5.74, 6) is -6.73. The normalized spacial score (nSPS) is 35.4. The van der Waals surface area contributed by atoms with Crippen LogP contribution < -0.4 is 11.1 Å². The molecule has 1 amide bonds. The molecule has 4 saturated carbocycles. The van der Waals surface area contributed by atoms with Crippen LogP contribution in [0, 0.1) is 34.5 Å². The molecule has 13 nitrogen and oxygen atoms in total. The van der Waals surface area contributed by atoms with Crippen LogP contribution in [0.4, 0.5) is 10.1 Å². The molecule has 11 atom stereocenters. The molecule has 2 heterocycles. The third-order valence-electron chi connectivity index (χ3n) is 15.0. The van der Waals surface area contributed by atoms with E-state index in [9.17, 15) is 29.1 Å². The van der Waals surface area contributed by atoms with Crippen LogP contribution in [0.3, 0.4) is 0 Å². The number of nitrogens with one attached hydrogen (secondary N) is 1. The molecule has 0 bridgehead atoms. The number of ether oxygens (including phenoxy) is 4. The highest BCUT2D eigenvalue weighted by molar-refractivity contribution is 6.01. The van der Waals surface area contributed by atoms with E-state index in [1.54, 1.807) is 63.5 Å². The number of aromatic nitrogens is 1. The highest BCUT2D eigenvalue weighted by Gasteiger charge is 2.80. The third-order valence-corrected chi connectivity index (χ3v) is 15.0. The third kappa shape index (κ3) is 6.55. The van der Waals surface area contributed by atoms with Crippen molar-refractivity contribution in [2.45, 2.75) is 102 Å². The smallest absolute Gasteiger partial charge is 0.310 e. The van der Waals surface area contributed by atoms with Gasteiger partial charge in [-0.1, -0.05) is 48.9 Å². The second-order valence-electron chi connectivity index (χ2n) is 18.9. The maximum atomic E-state index is 17.8. The number of Topliss-reactive ketones (excluding diaryl/α,β-unsaturated/α-hetero) is 1. The summed E-state index contributed by atoms with van der Waals surface area (Å²) in [5.41, 5.74) is 2.65. The largest absolute Gasteiger partial charge is 0.461 e. The maximum absolute atomic E-state index is 17.8. The molecule has 3 aromatic rings. The predicted octanol–water partition coefficient (Wildman–Crippen LogP) is 5.58. The van der Waals surface area contributed by atoms with Crippen molar-refractivity contribution in [2.24, 2.45) is 40.2 Å². The number of pyridine rings is 1. The monoisotopic (exact) mass is 849 g/mol. The van der Waals surface area contributed by atoms with Crippen LogP contribution in [0.1, 0.15) is 76.8 Å². The van der Waals surface area contributed by atoms with Gasteiger partial charge in [-0.15, -0.1) is 0 Å². The van der Waals surface area contributed by atoms with Crippen molar-refractivity contribution in [3.05, 3.63) is 95.9 Å². The molecule has 14 heteroatoms. The molecule has 1 aliphatic heterocycles. The highest BCUT2D eigenvalue weighted by Crippen LogP contribution is 2.72. The molecule has 9 rings (SSSR count).